The SMILES string of the molecule is COc1ccccc1-c1ccc(Nc2ccc(C=O)cc2)c(C#N)c1. The molecule has 0 radical (unpaired) electrons. The Morgan fingerprint density at radius 2 is 1.80 bits per heavy atom. The topological polar surface area (TPSA) is 62.1 Å². The first-order valence-corrected chi connectivity index (χ1v) is 7.75. The molecule has 0 unspecified atom stereocenters. The van der Waals surface area contributed by atoms with Gasteiger partial charge in [0.25, 0.3) is 0 Å². The van der Waals surface area contributed by atoms with E-state index < -0.39 is 0 Å². The second kappa shape index (κ2) is 7.33. The average molecular weight is 328 g/mol. The minimum Gasteiger partial charge on any atom is -0.496 e. The Morgan fingerprint density at radius 3 is 2.48 bits per heavy atom. The molecule has 3 aromatic rings. The Hall–Kier alpha value is -3.58. The van der Waals surface area contributed by atoms with Gasteiger partial charge in [0, 0.05) is 16.8 Å². The highest BCUT2D eigenvalue weighted by Crippen LogP contribution is 2.32. The molecule has 122 valence electrons. The highest BCUT2D eigenvalue weighted by molar-refractivity contribution is 5.78. The summed E-state index contributed by atoms with van der Waals surface area (Å²) < 4.78 is 5.39. The molecule has 0 spiro atoms. The van der Waals surface area contributed by atoms with Crippen LogP contribution in [0, 0.1) is 11.3 Å². The van der Waals surface area contributed by atoms with Crippen LogP contribution in [0.4, 0.5) is 11.4 Å². The Bertz CT molecular complexity index is 941. The summed E-state index contributed by atoms with van der Waals surface area (Å²) in [5.41, 5.74) is 4.51. The zero-order chi connectivity index (χ0) is 17.6. The second-order valence-corrected chi connectivity index (χ2v) is 5.44. The zero-order valence-corrected chi connectivity index (χ0v) is 13.7. The predicted molar refractivity (Wildman–Crippen MR) is 98.3 cm³/mol. The van der Waals surface area contributed by atoms with Crippen molar-refractivity contribution in [1.82, 2.24) is 0 Å². The smallest absolute Gasteiger partial charge is 0.150 e. The number of hydrogen-bond acceptors (Lipinski definition) is 4. The summed E-state index contributed by atoms with van der Waals surface area (Å²) in [7, 11) is 1.63. The van der Waals surface area contributed by atoms with Crippen LogP contribution in [0.1, 0.15) is 15.9 Å². The molecular formula is C21H16N2O2. The molecule has 0 atom stereocenters. The van der Waals surface area contributed by atoms with Gasteiger partial charge < -0.3 is 10.1 Å². The van der Waals surface area contributed by atoms with Gasteiger partial charge in [0.05, 0.1) is 18.4 Å². The van der Waals surface area contributed by atoms with Crippen LogP contribution in [0.3, 0.4) is 0 Å². The number of carbonyl (C=O) groups is 1. The van der Waals surface area contributed by atoms with E-state index in [1.807, 2.05) is 42.5 Å². The Kier molecular flexibility index (Phi) is 4.77. The van der Waals surface area contributed by atoms with Gasteiger partial charge in [-0.05, 0) is 48.0 Å². The van der Waals surface area contributed by atoms with E-state index in [0.29, 0.717) is 16.8 Å². The van der Waals surface area contributed by atoms with Gasteiger partial charge in [0.15, 0.2) is 0 Å². The summed E-state index contributed by atoms with van der Waals surface area (Å²) in [6.45, 7) is 0. The van der Waals surface area contributed by atoms with Crippen molar-refractivity contribution < 1.29 is 9.53 Å². The van der Waals surface area contributed by atoms with Crippen LogP contribution in [0.2, 0.25) is 0 Å². The molecule has 0 saturated heterocycles. The summed E-state index contributed by atoms with van der Waals surface area (Å²) in [5.74, 6) is 0.761. The van der Waals surface area contributed by atoms with E-state index in [-0.39, 0.29) is 0 Å². The largest absolute Gasteiger partial charge is 0.496 e. The van der Waals surface area contributed by atoms with E-state index in [1.54, 1.807) is 31.4 Å². The van der Waals surface area contributed by atoms with Gasteiger partial charge in [-0.15, -0.1) is 0 Å². The number of hydrogen-bond donors (Lipinski definition) is 1. The van der Waals surface area contributed by atoms with Gasteiger partial charge in [-0.3, -0.25) is 4.79 Å². The fourth-order valence-electron chi connectivity index (χ4n) is 2.60. The molecular weight excluding hydrogens is 312 g/mol. The summed E-state index contributed by atoms with van der Waals surface area (Å²) in [5, 5.41) is 12.7. The number of para-hydroxylation sites is 1. The summed E-state index contributed by atoms with van der Waals surface area (Å²) in [6.07, 6.45) is 0.798. The monoisotopic (exact) mass is 328 g/mol. The molecule has 3 aromatic carbocycles. The molecule has 0 heterocycles. The molecule has 0 saturated carbocycles. The quantitative estimate of drug-likeness (QED) is 0.684. The van der Waals surface area contributed by atoms with E-state index in [9.17, 15) is 10.1 Å². The van der Waals surface area contributed by atoms with E-state index in [4.69, 9.17) is 4.74 Å². The maximum Gasteiger partial charge on any atom is 0.150 e. The molecule has 4 nitrogen and oxygen atoms in total. The third-order valence-electron chi connectivity index (χ3n) is 3.88. The zero-order valence-electron chi connectivity index (χ0n) is 13.7. The molecule has 0 amide bonds. The van der Waals surface area contributed by atoms with Gasteiger partial charge in [0.1, 0.15) is 18.1 Å². The number of carbonyl (C=O) groups excluding carboxylic acids is 1. The molecule has 0 aliphatic carbocycles. The number of nitriles is 1. The Balaban J connectivity index is 1.94. The molecule has 0 aliphatic rings. The van der Waals surface area contributed by atoms with Crippen molar-refractivity contribution in [3.63, 3.8) is 0 Å². The predicted octanol–water partition coefficient (Wildman–Crippen LogP) is 4.79. The molecule has 0 aliphatic heterocycles. The number of nitrogens with zero attached hydrogens (tertiary/aromatic N) is 1. The molecule has 1 N–H and O–H groups in total. The highest BCUT2D eigenvalue weighted by atomic mass is 16.5. The van der Waals surface area contributed by atoms with Gasteiger partial charge in [-0.25, -0.2) is 0 Å². The maximum atomic E-state index is 10.7. The Morgan fingerprint density at radius 1 is 1.04 bits per heavy atom. The number of benzene rings is 3. The molecule has 4 heteroatoms. The van der Waals surface area contributed by atoms with E-state index in [2.05, 4.69) is 11.4 Å². The molecule has 25 heavy (non-hydrogen) atoms. The van der Waals surface area contributed by atoms with E-state index in [1.165, 1.54) is 0 Å². The van der Waals surface area contributed by atoms with Crippen LogP contribution in [0.5, 0.6) is 5.75 Å². The van der Waals surface area contributed by atoms with Crippen molar-refractivity contribution in [2.45, 2.75) is 0 Å². The Labute approximate surface area is 146 Å². The lowest BCUT2D eigenvalue weighted by molar-refractivity contribution is 0.112. The van der Waals surface area contributed by atoms with Gasteiger partial charge in [0.2, 0.25) is 0 Å². The third kappa shape index (κ3) is 3.51. The van der Waals surface area contributed by atoms with Crippen LogP contribution in [-0.4, -0.2) is 13.4 Å². The molecule has 0 fully saturated rings. The molecule has 3 rings (SSSR count). The maximum absolute atomic E-state index is 10.7. The fraction of sp³-hybridized carbons (Fsp3) is 0.0476. The first kappa shape index (κ1) is 16.3. The van der Waals surface area contributed by atoms with Gasteiger partial charge in [-0.1, -0.05) is 24.3 Å². The summed E-state index contributed by atoms with van der Waals surface area (Å²) in [6, 6.07) is 22.6. The van der Waals surface area contributed by atoms with Crippen molar-refractivity contribution >= 4 is 17.7 Å². The lowest BCUT2D eigenvalue weighted by Crippen LogP contribution is -1.95. The fourth-order valence-corrected chi connectivity index (χ4v) is 2.60. The number of aldehydes is 1. The minimum absolute atomic E-state index is 0.530. The van der Waals surface area contributed by atoms with Crippen LogP contribution in [-0.2, 0) is 0 Å². The molecule has 0 bridgehead atoms. The van der Waals surface area contributed by atoms with Crippen molar-refractivity contribution in [2.75, 3.05) is 12.4 Å². The average Bonchev–Trinajstić information content (AvgIpc) is 2.69. The van der Waals surface area contributed by atoms with E-state index >= 15 is 0 Å². The number of anilines is 2. The lowest BCUT2D eigenvalue weighted by Gasteiger charge is -2.12. The van der Waals surface area contributed by atoms with Crippen molar-refractivity contribution in [3.05, 3.63) is 77.9 Å². The first-order chi connectivity index (χ1) is 12.2. The van der Waals surface area contributed by atoms with Crippen LogP contribution in [0.25, 0.3) is 11.1 Å². The highest BCUT2D eigenvalue weighted by Gasteiger charge is 2.09. The number of rotatable bonds is 5. The van der Waals surface area contributed by atoms with Crippen molar-refractivity contribution in [2.24, 2.45) is 0 Å². The van der Waals surface area contributed by atoms with Crippen LogP contribution in [0.15, 0.2) is 66.7 Å². The standard InChI is InChI=1S/C21H16N2O2/c1-25-21-5-3-2-4-19(21)16-8-11-20(17(12-16)13-22)23-18-9-6-15(14-24)7-10-18/h2-12,14,23H,1H3. The minimum atomic E-state index is 0.530. The molecule has 0 aromatic heterocycles. The van der Waals surface area contributed by atoms with Crippen molar-refractivity contribution in [3.8, 4) is 22.9 Å². The van der Waals surface area contributed by atoms with Gasteiger partial charge >= 0.3 is 0 Å². The summed E-state index contributed by atoms with van der Waals surface area (Å²) >= 11 is 0. The number of methoxy groups -OCH3 is 1. The van der Waals surface area contributed by atoms with Gasteiger partial charge in [-0.2, -0.15) is 5.26 Å². The number of ether oxygens (including phenoxy) is 1. The lowest BCUT2D eigenvalue weighted by atomic mass is 10.0. The van der Waals surface area contributed by atoms with Crippen LogP contribution >= 0.6 is 0 Å². The first-order valence-electron chi connectivity index (χ1n) is 7.75. The second-order valence-electron chi connectivity index (χ2n) is 5.44. The van der Waals surface area contributed by atoms with E-state index in [0.717, 1.165) is 28.8 Å². The van der Waals surface area contributed by atoms with Crippen molar-refractivity contribution in [1.29, 1.82) is 5.26 Å². The van der Waals surface area contributed by atoms with Crippen LogP contribution < -0.4 is 10.1 Å². The third-order valence-corrected chi connectivity index (χ3v) is 3.88. The summed E-state index contributed by atoms with van der Waals surface area (Å²) in [4.78, 5) is 10.7. The number of nitrogens with one attached hydrogen (secondary N) is 1. The normalized spacial score (nSPS) is 9.92.